The first kappa shape index (κ1) is 20.4. The van der Waals surface area contributed by atoms with Gasteiger partial charge in [0.05, 0.1) is 10.5 Å². The van der Waals surface area contributed by atoms with Crippen molar-refractivity contribution in [2.75, 3.05) is 32.1 Å². The Kier molecular flexibility index (Phi) is 8.38. The molecule has 0 saturated heterocycles. The van der Waals surface area contributed by atoms with Crippen molar-refractivity contribution in [1.29, 1.82) is 0 Å². The molecule has 0 aliphatic rings. The van der Waals surface area contributed by atoms with E-state index in [1.165, 1.54) is 12.1 Å². The summed E-state index contributed by atoms with van der Waals surface area (Å²) in [7, 11) is 3.34. The molecular formula is C17H25N3O5. The summed E-state index contributed by atoms with van der Waals surface area (Å²) in [5, 5.41) is 13.8. The first-order valence-electron chi connectivity index (χ1n) is 8.26. The zero-order valence-electron chi connectivity index (χ0n) is 14.9. The molecule has 0 aliphatic heterocycles. The standard InChI is InChI=1S/C17H25N3O5/c1-4-5-6-7-10-18-16(21)12-25-17(22)13-8-9-14(19(2)3)15(11-13)20(23)24/h8-9,11H,4-7,10,12H2,1-3H3,(H,18,21). The van der Waals surface area contributed by atoms with Crippen LogP contribution in [-0.2, 0) is 9.53 Å². The Labute approximate surface area is 147 Å². The summed E-state index contributed by atoms with van der Waals surface area (Å²) in [6.45, 7) is 2.24. The minimum absolute atomic E-state index is 0.0352. The van der Waals surface area contributed by atoms with Gasteiger partial charge in [0.15, 0.2) is 6.61 Å². The molecule has 25 heavy (non-hydrogen) atoms. The van der Waals surface area contributed by atoms with Gasteiger partial charge in [-0.1, -0.05) is 26.2 Å². The smallest absolute Gasteiger partial charge is 0.338 e. The highest BCUT2D eigenvalue weighted by molar-refractivity contribution is 5.93. The molecule has 0 bridgehead atoms. The number of amides is 1. The van der Waals surface area contributed by atoms with Crippen LogP contribution in [0, 0.1) is 10.1 Å². The molecule has 0 fully saturated rings. The van der Waals surface area contributed by atoms with E-state index in [2.05, 4.69) is 12.2 Å². The number of nitrogens with one attached hydrogen (secondary N) is 1. The molecule has 138 valence electrons. The number of hydrogen-bond acceptors (Lipinski definition) is 6. The number of nitro benzene ring substituents is 1. The SMILES string of the molecule is CCCCCCNC(=O)COC(=O)c1ccc(N(C)C)c([N+](=O)[O-])c1. The molecule has 1 aromatic rings. The van der Waals surface area contributed by atoms with Gasteiger partial charge in [0.1, 0.15) is 5.69 Å². The van der Waals surface area contributed by atoms with Gasteiger partial charge in [0, 0.05) is 26.7 Å². The first-order chi connectivity index (χ1) is 11.9. The lowest BCUT2D eigenvalue weighted by Gasteiger charge is -2.13. The fourth-order valence-corrected chi connectivity index (χ4v) is 2.22. The Balaban J connectivity index is 2.56. The van der Waals surface area contributed by atoms with Crippen molar-refractivity contribution in [1.82, 2.24) is 5.32 Å². The van der Waals surface area contributed by atoms with Crippen molar-refractivity contribution in [3.8, 4) is 0 Å². The summed E-state index contributed by atoms with van der Waals surface area (Å²) in [5.41, 5.74) is 0.222. The molecular weight excluding hydrogens is 326 g/mol. The summed E-state index contributed by atoms with van der Waals surface area (Å²) in [6.07, 6.45) is 4.15. The van der Waals surface area contributed by atoms with Crippen LogP contribution in [0.1, 0.15) is 43.0 Å². The number of ether oxygens (including phenoxy) is 1. The van der Waals surface area contributed by atoms with Crippen molar-refractivity contribution in [3.63, 3.8) is 0 Å². The number of carbonyl (C=O) groups excluding carboxylic acids is 2. The van der Waals surface area contributed by atoms with Gasteiger partial charge in [-0.3, -0.25) is 14.9 Å². The summed E-state index contributed by atoms with van der Waals surface area (Å²) >= 11 is 0. The van der Waals surface area contributed by atoms with E-state index in [0.717, 1.165) is 31.7 Å². The van der Waals surface area contributed by atoms with Crippen LogP contribution in [0.4, 0.5) is 11.4 Å². The van der Waals surface area contributed by atoms with Crippen LogP contribution in [0.25, 0.3) is 0 Å². The van der Waals surface area contributed by atoms with E-state index in [4.69, 9.17) is 4.74 Å². The topological polar surface area (TPSA) is 102 Å². The summed E-state index contributed by atoms with van der Waals surface area (Å²) in [4.78, 5) is 35.8. The van der Waals surface area contributed by atoms with Crippen LogP contribution in [0.3, 0.4) is 0 Å². The number of anilines is 1. The third-order valence-corrected chi connectivity index (χ3v) is 3.58. The van der Waals surface area contributed by atoms with E-state index in [-0.39, 0.29) is 17.2 Å². The van der Waals surface area contributed by atoms with E-state index < -0.39 is 17.5 Å². The predicted molar refractivity (Wildman–Crippen MR) is 94.9 cm³/mol. The Morgan fingerprint density at radius 3 is 2.56 bits per heavy atom. The third kappa shape index (κ3) is 6.78. The van der Waals surface area contributed by atoms with Crippen molar-refractivity contribution in [2.24, 2.45) is 0 Å². The van der Waals surface area contributed by atoms with E-state index >= 15 is 0 Å². The Morgan fingerprint density at radius 2 is 1.96 bits per heavy atom. The van der Waals surface area contributed by atoms with E-state index in [9.17, 15) is 19.7 Å². The maximum atomic E-state index is 12.0. The largest absolute Gasteiger partial charge is 0.452 e. The van der Waals surface area contributed by atoms with Gasteiger partial charge in [-0.25, -0.2) is 4.79 Å². The Morgan fingerprint density at radius 1 is 1.24 bits per heavy atom. The molecule has 0 heterocycles. The molecule has 0 atom stereocenters. The quantitative estimate of drug-likeness (QED) is 0.301. The third-order valence-electron chi connectivity index (χ3n) is 3.58. The average Bonchev–Trinajstić information content (AvgIpc) is 2.58. The number of esters is 1. The predicted octanol–water partition coefficient (Wildman–Crippen LogP) is 2.51. The van der Waals surface area contributed by atoms with Crippen molar-refractivity contribution < 1.29 is 19.2 Å². The molecule has 0 unspecified atom stereocenters. The molecule has 1 N–H and O–H groups in total. The monoisotopic (exact) mass is 351 g/mol. The van der Waals surface area contributed by atoms with Gasteiger partial charge in [-0.2, -0.15) is 0 Å². The molecule has 0 aromatic heterocycles. The molecule has 0 radical (unpaired) electrons. The maximum Gasteiger partial charge on any atom is 0.338 e. The molecule has 0 spiro atoms. The minimum atomic E-state index is -0.769. The second-order valence-corrected chi connectivity index (χ2v) is 5.84. The number of nitrogens with zero attached hydrogens (tertiary/aromatic N) is 2. The molecule has 8 nitrogen and oxygen atoms in total. The number of unbranched alkanes of at least 4 members (excludes halogenated alkanes) is 3. The zero-order chi connectivity index (χ0) is 18.8. The van der Waals surface area contributed by atoms with Crippen LogP contribution in [0.2, 0.25) is 0 Å². The van der Waals surface area contributed by atoms with Gasteiger partial charge >= 0.3 is 5.97 Å². The number of carbonyl (C=O) groups is 2. The van der Waals surface area contributed by atoms with E-state index in [1.807, 2.05) is 0 Å². The summed E-state index contributed by atoms with van der Waals surface area (Å²) in [5.74, 6) is -1.15. The normalized spacial score (nSPS) is 10.2. The highest BCUT2D eigenvalue weighted by atomic mass is 16.6. The number of benzene rings is 1. The first-order valence-corrected chi connectivity index (χ1v) is 8.26. The van der Waals surface area contributed by atoms with Crippen molar-refractivity contribution in [2.45, 2.75) is 32.6 Å². The second kappa shape index (κ2) is 10.3. The van der Waals surface area contributed by atoms with Gasteiger partial charge in [0.25, 0.3) is 11.6 Å². The summed E-state index contributed by atoms with van der Waals surface area (Å²) in [6, 6.07) is 4.07. The van der Waals surface area contributed by atoms with Gasteiger partial charge in [0.2, 0.25) is 0 Å². The average molecular weight is 351 g/mol. The number of hydrogen-bond donors (Lipinski definition) is 1. The lowest BCUT2D eigenvalue weighted by Crippen LogP contribution is -2.29. The zero-order valence-corrected chi connectivity index (χ0v) is 14.9. The lowest BCUT2D eigenvalue weighted by atomic mass is 10.1. The second-order valence-electron chi connectivity index (χ2n) is 5.84. The summed E-state index contributed by atoms with van der Waals surface area (Å²) < 4.78 is 4.92. The minimum Gasteiger partial charge on any atom is -0.452 e. The van der Waals surface area contributed by atoms with E-state index in [0.29, 0.717) is 12.2 Å². The van der Waals surface area contributed by atoms with Crippen LogP contribution < -0.4 is 10.2 Å². The Hall–Kier alpha value is -2.64. The highest BCUT2D eigenvalue weighted by Gasteiger charge is 2.20. The van der Waals surface area contributed by atoms with Gasteiger partial charge in [-0.05, 0) is 18.6 Å². The number of rotatable bonds is 10. The van der Waals surface area contributed by atoms with E-state index in [1.54, 1.807) is 19.0 Å². The fraction of sp³-hybridized carbons (Fsp3) is 0.529. The fourth-order valence-electron chi connectivity index (χ4n) is 2.22. The van der Waals surface area contributed by atoms with Crippen molar-refractivity contribution >= 4 is 23.3 Å². The molecule has 1 rings (SSSR count). The van der Waals surface area contributed by atoms with Crippen LogP contribution in [0.5, 0.6) is 0 Å². The van der Waals surface area contributed by atoms with Crippen molar-refractivity contribution in [3.05, 3.63) is 33.9 Å². The van der Waals surface area contributed by atoms with Crippen LogP contribution >= 0.6 is 0 Å². The van der Waals surface area contributed by atoms with Gasteiger partial charge in [-0.15, -0.1) is 0 Å². The molecule has 1 amide bonds. The highest BCUT2D eigenvalue weighted by Crippen LogP contribution is 2.27. The molecule has 0 saturated carbocycles. The molecule has 8 heteroatoms. The molecule has 1 aromatic carbocycles. The van der Waals surface area contributed by atoms with Crippen LogP contribution in [0.15, 0.2) is 18.2 Å². The maximum absolute atomic E-state index is 12.0. The lowest BCUT2D eigenvalue weighted by molar-refractivity contribution is -0.384. The van der Waals surface area contributed by atoms with Gasteiger partial charge < -0.3 is 15.0 Å². The Bertz CT molecular complexity index is 616. The molecule has 0 aliphatic carbocycles. The number of nitro groups is 1. The van der Waals surface area contributed by atoms with Crippen LogP contribution in [-0.4, -0.2) is 44.0 Å².